The number of rotatable bonds is 7. The Hall–Kier alpha value is -1.66. The van der Waals surface area contributed by atoms with Crippen LogP contribution in [0.3, 0.4) is 0 Å². The Morgan fingerprint density at radius 2 is 1.71 bits per heavy atom. The van der Waals surface area contributed by atoms with Gasteiger partial charge in [0.25, 0.3) is 0 Å². The van der Waals surface area contributed by atoms with Gasteiger partial charge >= 0.3 is 11.9 Å². The molecule has 0 aromatic rings. The summed E-state index contributed by atoms with van der Waals surface area (Å²) in [7, 11) is 0. The van der Waals surface area contributed by atoms with Gasteiger partial charge in [0.2, 0.25) is 6.29 Å². The number of carbonyl (C=O) groups is 2. The highest BCUT2D eigenvalue weighted by molar-refractivity contribution is 5.87. The smallest absolute Gasteiger partial charge is 0.368 e. The van der Waals surface area contributed by atoms with Crippen molar-refractivity contribution in [2.75, 3.05) is 6.61 Å². The maximum absolute atomic E-state index is 11.2. The Morgan fingerprint density at radius 1 is 1.18 bits per heavy atom. The second-order valence-corrected chi connectivity index (χ2v) is 3.37. The van der Waals surface area contributed by atoms with Crippen molar-refractivity contribution in [3.8, 4) is 0 Å². The molecule has 0 fully saturated rings. The number of hydrogen-bond acceptors (Lipinski definition) is 6. The van der Waals surface area contributed by atoms with E-state index in [1.54, 1.807) is 0 Å². The third-order valence-corrected chi connectivity index (χ3v) is 1.53. The zero-order valence-corrected chi connectivity index (χ0v) is 9.89. The largest absolute Gasteiger partial charge is 0.428 e. The normalized spacial score (nSPS) is 11.5. The Kier molecular flexibility index (Phi) is 6.85. The molecule has 17 heavy (non-hydrogen) atoms. The summed E-state index contributed by atoms with van der Waals surface area (Å²) in [5, 5.41) is 8.71. The fourth-order valence-electron chi connectivity index (χ4n) is 0.621. The van der Waals surface area contributed by atoms with Crippen LogP contribution < -0.4 is 0 Å². The summed E-state index contributed by atoms with van der Waals surface area (Å²) in [5.41, 5.74) is 0.307. The molecule has 0 aliphatic rings. The van der Waals surface area contributed by atoms with E-state index in [1.165, 1.54) is 13.8 Å². The number of esters is 1. The molecule has 0 aromatic carbocycles. The van der Waals surface area contributed by atoms with Gasteiger partial charge in [-0.2, -0.15) is 0 Å². The molecule has 0 heterocycles. The first-order valence-electron chi connectivity index (χ1n) is 4.89. The summed E-state index contributed by atoms with van der Waals surface area (Å²) < 4.78 is 4.75. The summed E-state index contributed by atoms with van der Waals surface area (Å²) in [5.74, 6) is -1.48. The van der Waals surface area contributed by atoms with Crippen LogP contribution in [0.2, 0.25) is 0 Å². The highest BCUT2D eigenvalue weighted by atomic mass is 17.2. The van der Waals surface area contributed by atoms with E-state index in [9.17, 15) is 9.59 Å². The summed E-state index contributed by atoms with van der Waals surface area (Å²) in [6, 6.07) is 0. The Bertz CT molecular complexity index is 320. The Balaban J connectivity index is 4.24. The van der Waals surface area contributed by atoms with Crippen molar-refractivity contribution in [2.45, 2.75) is 26.6 Å². The van der Waals surface area contributed by atoms with Crippen molar-refractivity contribution in [1.82, 2.24) is 0 Å². The van der Waals surface area contributed by atoms with E-state index in [2.05, 4.69) is 22.9 Å². The molecule has 1 N–H and O–H groups in total. The van der Waals surface area contributed by atoms with Gasteiger partial charge in [0.05, 0.1) is 0 Å². The van der Waals surface area contributed by atoms with Crippen LogP contribution in [0.25, 0.3) is 0 Å². The Labute approximate surface area is 99.4 Å². The van der Waals surface area contributed by atoms with E-state index in [0.717, 1.165) is 0 Å². The lowest BCUT2D eigenvalue weighted by molar-refractivity contribution is -0.343. The number of hydrogen-bond donors (Lipinski definition) is 1. The van der Waals surface area contributed by atoms with Crippen LogP contribution in [-0.2, 0) is 24.1 Å². The molecule has 0 bridgehead atoms. The molecule has 0 saturated heterocycles. The second kappa shape index (κ2) is 7.59. The third-order valence-electron chi connectivity index (χ3n) is 1.53. The Morgan fingerprint density at radius 3 is 2.12 bits per heavy atom. The molecule has 0 aliphatic heterocycles. The van der Waals surface area contributed by atoms with Crippen molar-refractivity contribution in [3.05, 3.63) is 24.3 Å². The molecule has 0 spiro atoms. The van der Waals surface area contributed by atoms with E-state index in [-0.39, 0.29) is 24.2 Å². The first-order chi connectivity index (χ1) is 7.88. The van der Waals surface area contributed by atoms with Crippen molar-refractivity contribution in [2.24, 2.45) is 0 Å². The standard InChI is InChI=1S/C11H16O6/c1-7(2)10(13)15-9(5-6-12)16-17-11(14)8(3)4/h9,12H,1,3,5-6H2,2,4H3. The van der Waals surface area contributed by atoms with E-state index in [4.69, 9.17) is 9.84 Å². The molecule has 6 heteroatoms. The fourth-order valence-corrected chi connectivity index (χ4v) is 0.621. The molecule has 1 unspecified atom stereocenters. The first-order valence-corrected chi connectivity index (χ1v) is 4.89. The molecule has 0 aliphatic carbocycles. The minimum absolute atomic E-state index is 0.0253. The van der Waals surface area contributed by atoms with Gasteiger partial charge in [-0.1, -0.05) is 13.2 Å². The van der Waals surface area contributed by atoms with Crippen molar-refractivity contribution < 1.29 is 29.2 Å². The van der Waals surface area contributed by atoms with Gasteiger partial charge in [-0.15, -0.1) is 4.89 Å². The van der Waals surface area contributed by atoms with E-state index >= 15 is 0 Å². The highest BCUT2D eigenvalue weighted by Gasteiger charge is 2.18. The minimum Gasteiger partial charge on any atom is -0.428 e. The number of aliphatic hydroxyl groups is 1. The molecule has 0 amide bonds. The number of ether oxygens (including phenoxy) is 1. The van der Waals surface area contributed by atoms with Gasteiger partial charge in [-0.05, 0) is 13.8 Å². The molecular formula is C11H16O6. The predicted octanol–water partition coefficient (Wildman–Crippen LogP) is 0.865. The van der Waals surface area contributed by atoms with Crippen LogP contribution in [0.1, 0.15) is 20.3 Å². The minimum atomic E-state index is -1.17. The lowest BCUT2D eigenvalue weighted by atomic mass is 10.3. The van der Waals surface area contributed by atoms with Gasteiger partial charge in [0, 0.05) is 24.2 Å². The summed E-state index contributed by atoms with van der Waals surface area (Å²) >= 11 is 0. The van der Waals surface area contributed by atoms with Gasteiger partial charge in [-0.25, -0.2) is 9.59 Å². The quantitative estimate of drug-likeness (QED) is 0.235. The third kappa shape index (κ3) is 6.49. The summed E-state index contributed by atoms with van der Waals surface area (Å²) in [6.45, 7) is 9.32. The SMILES string of the molecule is C=C(C)C(=O)OOC(CCO)OC(=O)C(=C)C. The summed E-state index contributed by atoms with van der Waals surface area (Å²) in [4.78, 5) is 31.1. The molecule has 0 rings (SSSR count). The maximum atomic E-state index is 11.2. The van der Waals surface area contributed by atoms with Crippen molar-refractivity contribution in [3.63, 3.8) is 0 Å². The van der Waals surface area contributed by atoms with Gasteiger partial charge in [0.1, 0.15) is 0 Å². The molecule has 0 radical (unpaired) electrons. The van der Waals surface area contributed by atoms with E-state index in [1.807, 2.05) is 0 Å². The lowest BCUT2D eigenvalue weighted by Gasteiger charge is -2.15. The van der Waals surface area contributed by atoms with Crippen LogP contribution in [0.15, 0.2) is 24.3 Å². The zero-order chi connectivity index (χ0) is 13.4. The molecule has 6 nitrogen and oxygen atoms in total. The van der Waals surface area contributed by atoms with Crippen LogP contribution in [0.5, 0.6) is 0 Å². The molecule has 1 atom stereocenters. The van der Waals surface area contributed by atoms with Gasteiger partial charge in [0.15, 0.2) is 0 Å². The van der Waals surface area contributed by atoms with Gasteiger partial charge < -0.3 is 9.84 Å². The average Bonchev–Trinajstić information content (AvgIpc) is 2.25. The molecule has 0 aromatic heterocycles. The topological polar surface area (TPSA) is 82.1 Å². The van der Waals surface area contributed by atoms with Crippen molar-refractivity contribution >= 4 is 11.9 Å². The molecular weight excluding hydrogens is 228 g/mol. The monoisotopic (exact) mass is 244 g/mol. The number of carbonyl (C=O) groups excluding carboxylic acids is 2. The molecule has 0 saturated carbocycles. The van der Waals surface area contributed by atoms with Crippen LogP contribution in [0.4, 0.5) is 0 Å². The molecule has 96 valence electrons. The van der Waals surface area contributed by atoms with Crippen LogP contribution >= 0.6 is 0 Å². The zero-order valence-electron chi connectivity index (χ0n) is 9.89. The highest BCUT2D eigenvalue weighted by Crippen LogP contribution is 2.06. The average molecular weight is 244 g/mol. The second-order valence-electron chi connectivity index (χ2n) is 3.37. The summed E-state index contributed by atoms with van der Waals surface area (Å²) in [6.07, 6.45) is -1.20. The first kappa shape index (κ1) is 15.3. The van der Waals surface area contributed by atoms with E-state index < -0.39 is 18.2 Å². The van der Waals surface area contributed by atoms with Gasteiger partial charge in [-0.3, -0.25) is 4.89 Å². The predicted molar refractivity (Wildman–Crippen MR) is 58.4 cm³/mol. The fraction of sp³-hybridized carbons (Fsp3) is 0.455. The van der Waals surface area contributed by atoms with Crippen LogP contribution in [0, 0.1) is 0 Å². The van der Waals surface area contributed by atoms with E-state index in [0.29, 0.717) is 0 Å². The maximum Gasteiger partial charge on any atom is 0.368 e. The van der Waals surface area contributed by atoms with Crippen LogP contribution in [-0.4, -0.2) is 29.9 Å². The number of aliphatic hydroxyl groups excluding tert-OH is 1. The lowest BCUT2D eigenvalue weighted by Crippen LogP contribution is -2.24. The van der Waals surface area contributed by atoms with Crippen molar-refractivity contribution in [1.29, 1.82) is 0 Å².